The van der Waals surface area contributed by atoms with Gasteiger partial charge in [-0.25, -0.2) is 0 Å². The fraction of sp³-hybridized carbons (Fsp3) is 1.00. The summed E-state index contributed by atoms with van der Waals surface area (Å²) >= 11 is 0. The van der Waals surface area contributed by atoms with Gasteiger partial charge in [0.2, 0.25) is 0 Å². The molecule has 1 unspecified atom stereocenters. The molecular formula is C12H24. The second kappa shape index (κ2) is 3.81. The van der Waals surface area contributed by atoms with Crippen molar-refractivity contribution >= 4 is 0 Å². The van der Waals surface area contributed by atoms with Gasteiger partial charge >= 0.3 is 0 Å². The molecule has 0 aliphatic heterocycles. The van der Waals surface area contributed by atoms with Crippen molar-refractivity contribution in [3.63, 3.8) is 0 Å². The van der Waals surface area contributed by atoms with Crippen LogP contribution in [0.4, 0.5) is 0 Å². The van der Waals surface area contributed by atoms with Crippen LogP contribution in [0.2, 0.25) is 0 Å². The highest BCUT2D eigenvalue weighted by atomic mass is 14.4. The highest BCUT2D eigenvalue weighted by Crippen LogP contribution is 2.47. The Balaban J connectivity index is 2.04. The molecule has 0 saturated heterocycles. The monoisotopic (exact) mass is 168 g/mol. The minimum absolute atomic E-state index is 0.681. The Morgan fingerprint density at radius 1 is 1.33 bits per heavy atom. The Bertz CT molecular complexity index is 127. The maximum absolute atomic E-state index is 2.40. The molecule has 1 aliphatic carbocycles. The average Bonchev–Trinajstić information content (AvgIpc) is 1.96. The highest BCUT2D eigenvalue weighted by Gasteiger charge is 2.35. The van der Waals surface area contributed by atoms with E-state index in [4.69, 9.17) is 0 Å². The molecule has 1 rings (SSSR count). The molecule has 0 aromatic carbocycles. The maximum atomic E-state index is 2.40. The maximum Gasteiger partial charge on any atom is -0.0349 e. The van der Waals surface area contributed by atoms with Gasteiger partial charge in [0.05, 0.1) is 0 Å². The first-order valence-electron chi connectivity index (χ1n) is 5.53. The van der Waals surface area contributed by atoms with E-state index in [1.165, 1.54) is 32.1 Å². The molecule has 0 radical (unpaired) electrons. The van der Waals surface area contributed by atoms with Gasteiger partial charge < -0.3 is 0 Å². The van der Waals surface area contributed by atoms with Gasteiger partial charge in [0.25, 0.3) is 0 Å². The van der Waals surface area contributed by atoms with Gasteiger partial charge in [-0.05, 0) is 30.1 Å². The third kappa shape index (κ3) is 2.80. The third-order valence-electron chi connectivity index (χ3n) is 3.45. The van der Waals surface area contributed by atoms with Crippen molar-refractivity contribution < 1.29 is 0 Å². The summed E-state index contributed by atoms with van der Waals surface area (Å²) < 4.78 is 0. The minimum atomic E-state index is 0.681. The zero-order valence-electron chi connectivity index (χ0n) is 9.19. The van der Waals surface area contributed by atoms with Crippen LogP contribution in [-0.4, -0.2) is 0 Å². The Labute approximate surface area is 77.7 Å². The average molecular weight is 168 g/mol. The quantitative estimate of drug-likeness (QED) is 0.588. The summed E-state index contributed by atoms with van der Waals surface area (Å²) in [6, 6.07) is 0. The zero-order valence-corrected chi connectivity index (χ0v) is 9.19. The van der Waals surface area contributed by atoms with Crippen molar-refractivity contribution in [2.24, 2.45) is 17.3 Å². The molecule has 72 valence electrons. The van der Waals surface area contributed by atoms with Gasteiger partial charge in [0.15, 0.2) is 0 Å². The van der Waals surface area contributed by atoms with E-state index >= 15 is 0 Å². The second-order valence-corrected chi connectivity index (χ2v) is 5.53. The minimum Gasteiger partial charge on any atom is -0.0651 e. The standard InChI is InChI=1S/C12H24/c1-5-10(2)6-7-11-8-12(3,4)9-11/h10-11H,5-9H2,1-4H3. The van der Waals surface area contributed by atoms with Crippen LogP contribution in [0.1, 0.15) is 59.8 Å². The molecule has 0 nitrogen and oxygen atoms in total. The lowest BCUT2D eigenvalue weighted by atomic mass is 9.63. The Morgan fingerprint density at radius 3 is 2.33 bits per heavy atom. The van der Waals surface area contributed by atoms with Crippen LogP contribution in [0.5, 0.6) is 0 Å². The van der Waals surface area contributed by atoms with Gasteiger partial charge in [0.1, 0.15) is 0 Å². The molecule has 1 saturated carbocycles. The van der Waals surface area contributed by atoms with Crippen LogP contribution in [0.15, 0.2) is 0 Å². The summed E-state index contributed by atoms with van der Waals surface area (Å²) in [4.78, 5) is 0. The Hall–Kier alpha value is 0. The molecule has 0 N–H and O–H groups in total. The summed E-state index contributed by atoms with van der Waals surface area (Å²) in [5, 5.41) is 0. The third-order valence-corrected chi connectivity index (χ3v) is 3.45. The summed E-state index contributed by atoms with van der Waals surface area (Å²) in [5.74, 6) is 2.02. The fourth-order valence-corrected chi connectivity index (χ4v) is 2.43. The van der Waals surface area contributed by atoms with Crippen molar-refractivity contribution in [3.8, 4) is 0 Å². The van der Waals surface area contributed by atoms with Gasteiger partial charge in [-0.2, -0.15) is 0 Å². The molecule has 1 aliphatic rings. The zero-order chi connectivity index (χ0) is 9.19. The van der Waals surface area contributed by atoms with Crippen LogP contribution < -0.4 is 0 Å². The van der Waals surface area contributed by atoms with Crippen LogP contribution in [0.3, 0.4) is 0 Å². The molecule has 1 atom stereocenters. The molecule has 0 spiro atoms. The van der Waals surface area contributed by atoms with Crippen molar-refractivity contribution in [2.75, 3.05) is 0 Å². The van der Waals surface area contributed by atoms with E-state index in [1.807, 2.05) is 0 Å². The predicted molar refractivity (Wildman–Crippen MR) is 55.2 cm³/mol. The lowest BCUT2D eigenvalue weighted by Crippen LogP contribution is -2.31. The molecule has 12 heavy (non-hydrogen) atoms. The van der Waals surface area contributed by atoms with Gasteiger partial charge in [0, 0.05) is 0 Å². The van der Waals surface area contributed by atoms with Crippen LogP contribution in [-0.2, 0) is 0 Å². The summed E-state index contributed by atoms with van der Waals surface area (Å²) in [7, 11) is 0. The summed E-state index contributed by atoms with van der Waals surface area (Å²) in [5.41, 5.74) is 0.681. The first kappa shape index (κ1) is 10.1. The predicted octanol–water partition coefficient (Wildman–Crippen LogP) is 4.25. The summed E-state index contributed by atoms with van der Waals surface area (Å²) in [6.07, 6.45) is 7.25. The van der Waals surface area contributed by atoms with E-state index in [0.29, 0.717) is 5.41 Å². The number of hydrogen-bond donors (Lipinski definition) is 0. The number of hydrogen-bond acceptors (Lipinski definition) is 0. The van der Waals surface area contributed by atoms with E-state index in [1.54, 1.807) is 0 Å². The molecular weight excluding hydrogens is 144 g/mol. The molecule has 0 aromatic rings. The smallest absolute Gasteiger partial charge is 0.0349 e. The molecule has 0 amide bonds. The lowest BCUT2D eigenvalue weighted by Gasteiger charge is -2.43. The Kier molecular flexibility index (Phi) is 3.20. The van der Waals surface area contributed by atoms with E-state index in [0.717, 1.165) is 11.8 Å². The van der Waals surface area contributed by atoms with Gasteiger partial charge in [-0.1, -0.05) is 47.0 Å². The fourth-order valence-electron chi connectivity index (χ4n) is 2.43. The van der Waals surface area contributed by atoms with Gasteiger partial charge in [-0.15, -0.1) is 0 Å². The molecule has 0 aromatic heterocycles. The normalized spacial score (nSPS) is 25.0. The molecule has 0 heterocycles. The van der Waals surface area contributed by atoms with E-state index in [-0.39, 0.29) is 0 Å². The molecule has 0 bridgehead atoms. The summed E-state index contributed by atoms with van der Waals surface area (Å²) in [6.45, 7) is 9.47. The van der Waals surface area contributed by atoms with Crippen molar-refractivity contribution in [1.29, 1.82) is 0 Å². The van der Waals surface area contributed by atoms with Crippen LogP contribution in [0, 0.1) is 17.3 Å². The largest absolute Gasteiger partial charge is 0.0651 e. The SMILES string of the molecule is CCC(C)CCC1CC(C)(C)C1. The molecule has 1 fully saturated rings. The highest BCUT2D eigenvalue weighted by molar-refractivity contribution is 4.86. The van der Waals surface area contributed by atoms with Crippen molar-refractivity contribution in [1.82, 2.24) is 0 Å². The topological polar surface area (TPSA) is 0 Å². The van der Waals surface area contributed by atoms with Gasteiger partial charge in [-0.3, -0.25) is 0 Å². The van der Waals surface area contributed by atoms with Crippen LogP contribution in [0.25, 0.3) is 0 Å². The first-order valence-corrected chi connectivity index (χ1v) is 5.53. The first-order chi connectivity index (χ1) is 5.53. The number of rotatable bonds is 4. The van der Waals surface area contributed by atoms with Crippen molar-refractivity contribution in [3.05, 3.63) is 0 Å². The Morgan fingerprint density at radius 2 is 1.92 bits per heavy atom. The molecule has 0 heteroatoms. The van der Waals surface area contributed by atoms with Crippen molar-refractivity contribution in [2.45, 2.75) is 59.8 Å². The second-order valence-electron chi connectivity index (χ2n) is 5.53. The van der Waals surface area contributed by atoms with E-state index < -0.39 is 0 Å². The van der Waals surface area contributed by atoms with E-state index in [2.05, 4.69) is 27.7 Å². The van der Waals surface area contributed by atoms with Crippen LogP contribution >= 0.6 is 0 Å². The van der Waals surface area contributed by atoms with E-state index in [9.17, 15) is 0 Å². The lowest BCUT2D eigenvalue weighted by molar-refractivity contribution is 0.0846.